The molecule has 0 N–H and O–H groups in total. The van der Waals surface area contributed by atoms with Crippen LogP contribution in [0.3, 0.4) is 0 Å². The van der Waals surface area contributed by atoms with Crippen LogP contribution in [0.5, 0.6) is 11.5 Å². The van der Waals surface area contributed by atoms with Gasteiger partial charge in [-0.1, -0.05) is 54.0 Å². The third-order valence-corrected chi connectivity index (χ3v) is 10.5. The third-order valence-electron chi connectivity index (χ3n) is 6.11. The molecule has 0 heterocycles. The molecule has 2 rings (SSSR count). The normalized spacial score (nSPS) is 12.1. The summed E-state index contributed by atoms with van der Waals surface area (Å²) >= 11 is 0. The molecule has 0 aliphatic rings. The van der Waals surface area contributed by atoms with E-state index in [4.69, 9.17) is 9.16 Å². The molecule has 0 aliphatic heterocycles. The Kier molecular flexibility index (Phi) is 6.20. The maximum Gasteiger partial charge on any atom is 0.250 e. The van der Waals surface area contributed by atoms with Crippen LogP contribution in [0.25, 0.3) is 0 Å². The Balaban J connectivity index is 2.36. The Bertz CT molecular complexity index is 789. The fraction of sp³-hybridized carbons (Fsp3) is 0.478. The van der Waals surface area contributed by atoms with E-state index < -0.39 is 8.32 Å². The minimum absolute atomic E-state index is 0.199. The second kappa shape index (κ2) is 7.75. The quantitative estimate of drug-likeness (QED) is 0.698. The van der Waals surface area contributed by atoms with Crippen molar-refractivity contribution in [1.82, 2.24) is 0 Å². The number of methoxy groups -OCH3 is 1. The lowest BCUT2D eigenvalue weighted by atomic mass is 9.58. The molecule has 0 fully saturated rings. The van der Waals surface area contributed by atoms with Crippen LogP contribution in [-0.2, 0) is 0 Å². The lowest BCUT2D eigenvalue weighted by Gasteiger charge is -2.36. The smallest absolute Gasteiger partial charge is 0.250 e. The van der Waals surface area contributed by atoms with E-state index in [1.54, 1.807) is 7.11 Å². The van der Waals surface area contributed by atoms with Gasteiger partial charge in [-0.15, -0.1) is 0 Å². The zero-order valence-corrected chi connectivity index (χ0v) is 19.8. The van der Waals surface area contributed by atoms with Gasteiger partial charge in [0, 0.05) is 0 Å². The first-order valence-corrected chi connectivity index (χ1v) is 12.7. The molecule has 4 heteroatoms. The van der Waals surface area contributed by atoms with E-state index in [2.05, 4.69) is 85.8 Å². The average molecular weight is 382 g/mol. The van der Waals surface area contributed by atoms with Crippen molar-refractivity contribution in [1.29, 1.82) is 0 Å². The second-order valence-electron chi connectivity index (χ2n) is 9.31. The van der Waals surface area contributed by atoms with Crippen molar-refractivity contribution in [2.75, 3.05) is 7.11 Å². The van der Waals surface area contributed by atoms with E-state index in [0.717, 1.165) is 18.8 Å². The molecule has 0 aromatic heterocycles. The predicted molar refractivity (Wildman–Crippen MR) is 123 cm³/mol. The van der Waals surface area contributed by atoms with Crippen LogP contribution in [0, 0.1) is 27.7 Å². The van der Waals surface area contributed by atoms with Crippen LogP contribution >= 0.6 is 0 Å². The Labute approximate surface area is 167 Å². The first kappa shape index (κ1) is 21.6. The van der Waals surface area contributed by atoms with E-state index in [1.165, 1.54) is 33.2 Å². The minimum Gasteiger partial charge on any atom is -0.543 e. The fourth-order valence-corrected chi connectivity index (χ4v) is 4.28. The van der Waals surface area contributed by atoms with Gasteiger partial charge in [-0.3, -0.25) is 0 Å². The molecule has 0 bridgehead atoms. The van der Waals surface area contributed by atoms with E-state index in [9.17, 15) is 0 Å². The Morgan fingerprint density at radius 2 is 1.11 bits per heavy atom. The van der Waals surface area contributed by atoms with E-state index >= 15 is 0 Å². The van der Waals surface area contributed by atoms with Gasteiger partial charge in [0.2, 0.25) is 8.32 Å². The van der Waals surface area contributed by atoms with Gasteiger partial charge in [-0.25, -0.2) is 0 Å². The van der Waals surface area contributed by atoms with Crippen molar-refractivity contribution >= 4 is 26.5 Å². The molecular weight excluding hydrogens is 347 g/mol. The summed E-state index contributed by atoms with van der Waals surface area (Å²) in [6, 6.07) is 8.69. The number of hydrogen-bond donors (Lipinski definition) is 0. The molecule has 2 aromatic rings. The standard InChI is InChI=1S/C23H35BO2Si/c1-15-11-19(25-8)12-16(2)21(15)24-22-17(3)13-20(14-18(22)4)26-27(9,10)23(5,6)7/h11-14,24H,1-10H3. The van der Waals surface area contributed by atoms with Crippen molar-refractivity contribution in [2.45, 2.75) is 66.6 Å². The zero-order valence-electron chi connectivity index (χ0n) is 18.8. The summed E-state index contributed by atoms with van der Waals surface area (Å²) in [7, 11) is 0.844. The number of hydrogen-bond acceptors (Lipinski definition) is 2. The predicted octanol–water partition coefficient (Wildman–Crippen LogP) is 4.70. The number of aryl methyl sites for hydroxylation is 4. The Hall–Kier alpha value is -1.68. The van der Waals surface area contributed by atoms with Gasteiger partial charge in [0.15, 0.2) is 7.28 Å². The van der Waals surface area contributed by atoms with Gasteiger partial charge in [0.25, 0.3) is 0 Å². The van der Waals surface area contributed by atoms with E-state index in [0.29, 0.717) is 0 Å². The lowest BCUT2D eigenvalue weighted by Crippen LogP contribution is -2.44. The van der Waals surface area contributed by atoms with E-state index in [-0.39, 0.29) is 5.04 Å². The van der Waals surface area contributed by atoms with Gasteiger partial charge in [0.1, 0.15) is 11.5 Å². The van der Waals surface area contributed by atoms with Crippen LogP contribution in [0.4, 0.5) is 0 Å². The summed E-state index contributed by atoms with van der Waals surface area (Å²) in [5.74, 6) is 1.95. The van der Waals surface area contributed by atoms with E-state index in [1.807, 2.05) is 0 Å². The summed E-state index contributed by atoms with van der Waals surface area (Å²) in [4.78, 5) is 0. The highest BCUT2D eigenvalue weighted by Gasteiger charge is 2.39. The van der Waals surface area contributed by atoms with Gasteiger partial charge >= 0.3 is 0 Å². The van der Waals surface area contributed by atoms with Crippen LogP contribution in [0.1, 0.15) is 43.0 Å². The van der Waals surface area contributed by atoms with Gasteiger partial charge in [-0.2, -0.15) is 0 Å². The maximum atomic E-state index is 6.53. The first-order valence-electron chi connectivity index (χ1n) is 9.79. The number of benzene rings is 2. The fourth-order valence-electron chi connectivity index (χ4n) is 3.27. The molecule has 0 saturated carbocycles. The molecule has 0 aliphatic carbocycles. The molecule has 0 atom stereocenters. The number of ether oxygens (including phenoxy) is 1. The molecule has 0 saturated heterocycles. The van der Waals surface area contributed by atoms with Crippen LogP contribution < -0.4 is 20.1 Å². The average Bonchev–Trinajstić information content (AvgIpc) is 2.51. The van der Waals surface area contributed by atoms with Gasteiger partial charge < -0.3 is 9.16 Å². The molecule has 27 heavy (non-hydrogen) atoms. The largest absolute Gasteiger partial charge is 0.543 e. The van der Waals surface area contributed by atoms with Crippen LogP contribution in [-0.4, -0.2) is 22.7 Å². The molecule has 0 spiro atoms. The molecule has 146 valence electrons. The SMILES string of the molecule is COc1cc(C)c(Bc2c(C)cc(O[Si](C)(C)C(C)(C)C)cc2C)c(C)c1. The Morgan fingerprint density at radius 3 is 1.44 bits per heavy atom. The number of rotatable bonds is 5. The van der Waals surface area contributed by atoms with Crippen molar-refractivity contribution in [3.63, 3.8) is 0 Å². The zero-order chi connectivity index (χ0) is 20.6. The summed E-state index contributed by atoms with van der Waals surface area (Å²) < 4.78 is 11.9. The van der Waals surface area contributed by atoms with Gasteiger partial charge in [-0.05, 0) is 70.1 Å². The molecular formula is C23H35BO2Si. The summed E-state index contributed by atoms with van der Waals surface area (Å²) in [5, 5.41) is 0.199. The maximum absolute atomic E-state index is 6.53. The van der Waals surface area contributed by atoms with Crippen molar-refractivity contribution in [3.05, 3.63) is 46.5 Å². The molecule has 0 radical (unpaired) electrons. The second-order valence-corrected chi connectivity index (χ2v) is 14.0. The molecule has 0 unspecified atom stereocenters. The molecule has 2 nitrogen and oxygen atoms in total. The topological polar surface area (TPSA) is 18.5 Å². The Morgan fingerprint density at radius 1 is 0.741 bits per heavy atom. The highest BCUT2D eigenvalue weighted by molar-refractivity contribution is 6.74. The van der Waals surface area contributed by atoms with Crippen LogP contribution in [0.2, 0.25) is 18.1 Å². The van der Waals surface area contributed by atoms with Crippen molar-refractivity contribution in [2.24, 2.45) is 0 Å². The summed E-state index contributed by atoms with van der Waals surface area (Å²) in [6.07, 6.45) is 0. The highest BCUT2D eigenvalue weighted by atomic mass is 28.4. The van der Waals surface area contributed by atoms with Crippen molar-refractivity contribution < 1.29 is 9.16 Å². The highest BCUT2D eigenvalue weighted by Crippen LogP contribution is 2.37. The molecule has 2 aromatic carbocycles. The summed E-state index contributed by atoms with van der Waals surface area (Å²) in [5.41, 5.74) is 7.96. The summed E-state index contributed by atoms with van der Waals surface area (Å²) in [6.45, 7) is 20.2. The third kappa shape index (κ3) is 4.79. The van der Waals surface area contributed by atoms with Crippen LogP contribution in [0.15, 0.2) is 24.3 Å². The first-order chi connectivity index (χ1) is 12.4. The monoisotopic (exact) mass is 382 g/mol. The van der Waals surface area contributed by atoms with Crippen molar-refractivity contribution in [3.8, 4) is 11.5 Å². The van der Waals surface area contributed by atoms with Gasteiger partial charge in [0.05, 0.1) is 7.11 Å². The lowest BCUT2D eigenvalue weighted by molar-refractivity contribution is 0.414. The minimum atomic E-state index is -1.83. The molecule has 0 amide bonds.